The zero-order valence-electron chi connectivity index (χ0n) is 12.1. The Morgan fingerprint density at radius 2 is 1.96 bits per heavy atom. The summed E-state index contributed by atoms with van der Waals surface area (Å²) >= 11 is 3.14. The zero-order chi connectivity index (χ0) is 16.4. The summed E-state index contributed by atoms with van der Waals surface area (Å²) in [6, 6.07) is 10.1. The number of nitrogens with one attached hydrogen (secondary N) is 1. The van der Waals surface area contributed by atoms with Gasteiger partial charge in [0.15, 0.2) is 10.4 Å². The molecular formula is C16H12BrNO5. The number of benzene rings is 1. The van der Waals surface area contributed by atoms with Gasteiger partial charge in [-0.25, -0.2) is 4.79 Å². The van der Waals surface area contributed by atoms with E-state index in [0.29, 0.717) is 15.6 Å². The highest BCUT2D eigenvalue weighted by atomic mass is 79.9. The second-order valence-electron chi connectivity index (χ2n) is 4.58. The van der Waals surface area contributed by atoms with Gasteiger partial charge in [0, 0.05) is 5.39 Å². The van der Waals surface area contributed by atoms with Gasteiger partial charge < -0.3 is 18.9 Å². The molecular weight excluding hydrogens is 366 g/mol. The molecule has 1 amide bonds. The number of rotatable bonds is 4. The minimum Gasteiger partial charge on any atom is -0.460 e. The van der Waals surface area contributed by atoms with Crippen LogP contribution in [0.5, 0.6) is 0 Å². The van der Waals surface area contributed by atoms with Gasteiger partial charge in [-0.1, -0.05) is 12.1 Å². The summed E-state index contributed by atoms with van der Waals surface area (Å²) in [6.07, 6.45) is 0. The maximum absolute atomic E-state index is 12.3. The summed E-state index contributed by atoms with van der Waals surface area (Å²) in [5, 5.41) is 3.26. The monoisotopic (exact) mass is 377 g/mol. The lowest BCUT2D eigenvalue weighted by molar-refractivity contribution is 0.0494. The van der Waals surface area contributed by atoms with Crippen molar-refractivity contribution in [1.29, 1.82) is 0 Å². The molecule has 1 aromatic carbocycles. The van der Waals surface area contributed by atoms with Crippen molar-refractivity contribution >= 4 is 44.5 Å². The van der Waals surface area contributed by atoms with Crippen molar-refractivity contribution in [3.8, 4) is 0 Å². The average Bonchev–Trinajstić information content (AvgIpc) is 3.12. The van der Waals surface area contributed by atoms with Gasteiger partial charge in [-0.05, 0) is 47.1 Å². The van der Waals surface area contributed by atoms with Gasteiger partial charge in [0.1, 0.15) is 11.3 Å². The Hall–Kier alpha value is -2.54. The third kappa shape index (κ3) is 3.00. The molecule has 1 N–H and O–H groups in total. The van der Waals surface area contributed by atoms with Gasteiger partial charge >= 0.3 is 5.97 Å². The molecule has 2 aromatic heterocycles. The molecule has 0 fully saturated rings. The molecule has 0 aliphatic carbocycles. The van der Waals surface area contributed by atoms with Gasteiger partial charge in [0.25, 0.3) is 5.91 Å². The minimum absolute atomic E-state index is 0.0491. The van der Waals surface area contributed by atoms with Gasteiger partial charge in [0.2, 0.25) is 5.76 Å². The minimum atomic E-state index is -0.639. The van der Waals surface area contributed by atoms with Crippen molar-refractivity contribution in [2.75, 3.05) is 11.9 Å². The Kier molecular flexibility index (Phi) is 4.20. The molecule has 0 aliphatic heterocycles. The lowest BCUT2D eigenvalue weighted by Crippen LogP contribution is -2.14. The van der Waals surface area contributed by atoms with Crippen LogP contribution in [-0.4, -0.2) is 18.5 Å². The van der Waals surface area contributed by atoms with Crippen LogP contribution in [0.3, 0.4) is 0 Å². The molecule has 23 heavy (non-hydrogen) atoms. The maximum atomic E-state index is 12.3. The molecule has 3 rings (SSSR count). The van der Waals surface area contributed by atoms with Crippen LogP contribution in [0, 0.1) is 0 Å². The second-order valence-corrected chi connectivity index (χ2v) is 5.36. The van der Waals surface area contributed by atoms with Crippen LogP contribution in [0.25, 0.3) is 11.0 Å². The highest BCUT2D eigenvalue weighted by Crippen LogP contribution is 2.32. The first-order chi connectivity index (χ1) is 11.1. The van der Waals surface area contributed by atoms with E-state index in [0.717, 1.165) is 0 Å². The first-order valence-corrected chi connectivity index (χ1v) is 7.64. The molecule has 0 aliphatic rings. The number of halogens is 1. The Morgan fingerprint density at radius 1 is 1.17 bits per heavy atom. The standard InChI is InChI=1S/C16H12BrNO5/c1-2-21-16(20)14-13(9-5-3-4-6-10(9)23-14)18-15(19)11-7-8-12(17)22-11/h3-8H,2H2,1H3,(H,18,19). The van der Waals surface area contributed by atoms with Crippen molar-refractivity contribution in [2.24, 2.45) is 0 Å². The van der Waals surface area contributed by atoms with E-state index in [-0.39, 0.29) is 23.8 Å². The van der Waals surface area contributed by atoms with Crippen molar-refractivity contribution in [3.63, 3.8) is 0 Å². The molecule has 0 spiro atoms. The number of carbonyl (C=O) groups excluding carboxylic acids is 2. The van der Waals surface area contributed by atoms with Crippen LogP contribution < -0.4 is 5.32 Å². The number of hydrogen-bond acceptors (Lipinski definition) is 5. The van der Waals surface area contributed by atoms with E-state index in [1.165, 1.54) is 6.07 Å². The highest BCUT2D eigenvalue weighted by Gasteiger charge is 2.24. The Balaban J connectivity index is 2.02. The molecule has 0 unspecified atom stereocenters. The summed E-state index contributed by atoms with van der Waals surface area (Å²) in [4.78, 5) is 24.3. The third-order valence-electron chi connectivity index (χ3n) is 3.09. The number of anilines is 1. The number of ether oxygens (including phenoxy) is 1. The van der Waals surface area contributed by atoms with Crippen LogP contribution in [0.1, 0.15) is 28.0 Å². The van der Waals surface area contributed by atoms with Crippen LogP contribution in [-0.2, 0) is 4.74 Å². The van der Waals surface area contributed by atoms with E-state index >= 15 is 0 Å². The van der Waals surface area contributed by atoms with E-state index < -0.39 is 11.9 Å². The summed E-state index contributed by atoms with van der Waals surface area (Å²) in [5.74, 6) is -1.07. The predicted octanol–water partition coefficient (Wildman–Crippen LogP) is 4.22. The summed E-state index contributed by atoms with van der Waals surface area (Å²) in [6.45, 7) is 1.90. The fraction of sp³-hybridized carbons (Fsp3) is 0.125. The quantitative estimate of drug-likeness (QED) is 0.688. The van der Waals surface area contributed by atoms with Crippen LogP contribution in [0.15, 0.2) is 49.9 Å². The van der Waals surface area contributed by atoms with Crippen molar-refractivity contribution in [2.45, 2.75) is 6.92 Å². The number of fused-ring (bicyclic) bond motifs is 1. The number of furan rings is 2. The molecule has 118 valence electrons. The summed E-state index contributed by atoms with van der Waals surface area (Å²) in [7, 11) is 0. The topological polar surface area (TPSA) is 81.7 Å². The zero-order valence-corrected chi connectivity index (χ0v) is 13.7. The van der Waals surface area contributed by atoms with Gasteiger partial charge in [0.05, 0.1) is 6.61 Å². The number of hydrogen-bond donors (Lipinski definition) is 1. The summed E-state index contributed by atoms with van der Waals surface area (Å²) in [5.41, 5.74) is 0.739. The van der Waals surface area contributed by atoms with Gasteiger partial charge in [-0.3, -0.25) is 4.79 Å². The molecule has 0 saturated carbocycles. The van der Waals surface area contributed by atoms with E-state index in [2.05, 4.69) is 21.2 Å². The lowest BCUT2D eigenvalue weighted by Gasteiger charge is -2.04. The largest absolute Gasteiger partial charge is 0.460 e. The van der Waals surface area contributed by atoms with Crippen molar-refractivity contribution in [3.05, 3.63) is 52.6 Å². The lowest BCUT2D eigenvalue weighted by atomic mass is 10.2. The average molecular weight is 378 g/mol. The Labute approximate surface area is 139 Å². The molecule has 0 saturated heterocycles. The molecule has 0 atom stereocenters. The Bertz CT molecular complexity index is 880. The molecule has 2 heterocycles. The smallest absolute Gasteiger partial charge is 0.376 e. The van der Waals surface area contributed by atoms with Gasteiger partial charge in [-0.2, -0.15) is 0 Å². The number of amides is 1. The highest BCUT2D eigenvalue weighted by molar-refractivity contribution is 9.10. The third-order valence-corrected chi connectivity index (χ3v) is 3.52. The van der Waals surface area contributed by atoms with Crippen LogP contribution in [0.2, 0.25) is 0 Å². The molecule has 0 bridgehead atoms. The first kappa shape index (κ1) is 15.4. The maximum Gasteiger partial charge on any atom is 0.376 e. The SMILES string of the molecule is CCOC(=O)c1oc2ccccc2c1NC(=O)c1ccc(Br)o1. The molecule has 3 aromatic rings. The fourth-order valence-corrected chi connectivity index (χ4v) is 2.43. The normalized spacial score (nSPS) is 10.7. The number of carbonyl (C=O) groups is 2. The van der Waals surface area contributed by atoms with Gasteiger partial charge in [-0.15, -0.1) is 0 Å². The molecule has 0 radical (unpaired) electrons. The fourth-order valence-electron chi connectivity index (χ4n) is 2.12. The van der Waals surface area contributed by atoms with E-state index in [9.17, 15) is 9.59 Å². The van der Waals surface area contributed by atoms with Crippen molar-refractivity contribution < 1.29 is 23.2 Å². The number of para-hydroxylation sites is 1. The molecule has 7 heteroatoms. The van der Waals surface area contributed by atoms with Crippen LogP contribution in [0.4, 0.5) is 5.69 Å². The molecule has 6 nitrogen and oxygen atoms in total. The first-order valence-electron chi connectivity index (χ1n) is 6.85. The Morgan fingerprint density at radius 3 is 2.65 bits per heavy atom. The van der Waals surface area contributed by atoms with E-state index in [1.807, 2.05) is 0 Å². The van der Waals surface area contributed by atoms with Crippen LogP contribution >= 0.6 is 15.9 Å². The van der Waals surface area contributed by atoms with Crippen molar-refractivity contribution in [1.82, 2.24) is 0 Å². The van der Waals surface area contributed by atoms with E-state index in [4.69, 9.17) is 13.6 Å². The second kappa shape index (κ2) is 6.29. The van der Waals surface area contributed by atoms with E-state index in [1.54, 1.807) is 37.3 Å². The summed E-state index contributed by atoms with van der Waals surface area (Å²) < 4.78 is 16.1. The predicted molar refractivity (Wildman–Crippen MR) is 86.5 cm³/mol. The number of esters is 1.